The summed E-state index contributed by atoms with van der Waals surface area (Å²) in [6, 6.07) is 6.32. The molecule has 3 rings (SSSR count). The second-order valence-electron chi connectivity index (χ2n) is 5.43. The minimum Gasteiger partial charge on any atom is -0.497 e. The Morgan fingerprint density at radius 2 is 1.85 bits per heavy atom. The quantitative estimate of drug-likeness (QED) is 0.619. The van der Waals surface area contributed by atoms with Crippen molar-refractivity contribution in [2.75, 3.05) is 20.8 Å². The topological polar surface area (TPSA) is 108 Å². The third-order valence-corrected chi connectivity index (χ3v) is 5.27. The Bertz CT molecular complexity index is 1010. The van der Waals surface area contributed by atoms with Crippen LogP contribution < -0.4 is 14.2 Å². The van der Waals surface area contributed by atoms with Crippen molar-refractivity contribution in [3.8, 4) is 23.1 Å². The maximum absolute atomic E-state index is 12.7. The van der Waals surface area contributed by atoms with Gasteiger partial charge < -0.3 is 14.0 Å². The molecule has 0 aliphatic carbocycles. The molecule has 0 radical (unpaired) electrons. The van der Waals surface area contributed by atoms with Crippen molar-refractivity contribution >= 4 is 10.0 Å². The van der Waals surface area contributed by atoms with Crippen LogP contribution >= 0.6 is 0 Å². The first-order valence-electron chi connectivity index (χ1n) is 8.05. The van der Waals surface area contributed by atoms with Crippen LogP contribution in [0.5, 0.6) is 11.5 Å². The molecule has 10 heteroatoms. The Hall–Kier alpha value is -2.98. The molecule has 27 heavy (non-hydrogen) atoms. The third kappa shape index (κ3) is 4.23. The maximum atomic E-state index is 12.7. The van der Waals surface area contributed by atoms with E-state index in [0.29, 0.717) is 23.9 Å². The molecule has 0 aliphatic heterocycles. The Morgan fingerprint density at radius 1 is 1.07 bits per heavy atom. The van der Waals surface area contributed by atoms with Gasteiger partial charge in [-0.3, -0.25) is 0 Å². The number of methoxy groups -OCH3 is 2. The molecule has 0 atom stereocenters. The van der Waals surface area contributed by atoms with Gasteiger partial charge in [0, 0.05) is 43.9 Å². The molecule has 142 valence electrons. The number of rotatable bonds is 8. The molecule has 3 aromatic rings. The van der Waals surface area contributed by atoms with E-state index < -0.39 is 10.0 Å². The van der Waals surface area contributed by atoms with Crippen molar-refractivity contribution in [2.24, 2.45) is 0 Å². The van der Waals surface area contributed by atoms with Gasteiger partial charge >= 0.3 is 0 Å². The van der Waals surface area contributed by atoms with Crippen LogP contribution in [0.25, 0.3) is 11.6 Å². The third-order valence-electron chi connectivity index (χ3n) is 3.79. The van der Waals surface area contributed by atoms with Crippen LogP contribution in [0, 0.1) is 0 Å². The number of hydrogen-bond donors (Lipinski definition) is 1. The highest BCUT2D eigenvalue weighted by Gasteiger charge is 2.20. The summed E-state index contributed by atoms with van der Waals surface area (Å²) in [5.74, 6) is 1.70. The number of benzene rings is 1. The molecular formula is C17H19N5O4S. The number of hydrogen-bond acceptors (Lipinski definition) is 7. The normalized spacial score (nSPS) is 11.3. The molecule has 2 aromatic heterocycles. The zero-order valence-electron chi connectivity index (χ0n) is 14.9. The van der Waals surface area contributed by atoms with Crippen LogP contribution in [0.3, 0.4) is 0 Å². The Kier molecular flexibility index (Phi) is 5.67. The van der Waals surface area contributed by atoms with Gasteiger partial charge in [0.1, 0.15) is 16.4 Å². The van der Waals surface area contributed by atoms with E-state index in [1.165, 1.54) is 20.3 Å². The highest BCUT2D eigenvalue weighted by Crippen LogP contribution is 2.27. The van der Waals surface area contributed by atoms with E-state index in [2.05, 4.69) is 19.7 Å². The highest BCUT2D eigenvalue weighted by molar-refractivity contribution is 7.89. The van der Waals surface area contributed by atoms with Crippen LogP contribution in [-0.4, -0.2) is 48.7 Å². The van der Waals surface area contributed by atoms with Crippen molar-refractivity contribution in [1.29, 1.82) is 0 Å². The largest absolute Gasteiger partial charge is 0.497 e. The van der Waals surface area contributed by atoms with Gasteiger partial charge in [-0.05, 0) is 18.2 Å². The molecule has 9 nitrogen and oxygen atoms in total. The first-order valence-corrected chi connectivity index (χ1v) is 9.53. The van der Waals surface area contributed by atoms with Crippen molar-refractivity contribution in [2.45, 2.75) is 11.4 Å². The van der Waals surface area contributed by atoms with Gasteiger partial charge in [0.25, 0.3) is 0 Å². The molecule has 0 bridgehead atoms. The van der Waals surface area contributed by atoms with Crippen LogP contribution in [-0.2, 0) is 16.6 Å². The predicted molar refractivity (Wildman–Crippen MR) is 98.0 cm³/mol. The van der Waals surface area contributed by atoms with E-state index in [0.717, 1.165) is 0 Å². The highest BCUT2D eigenvalue weighted by atomic mass is 32.2. The number of ether oxygens (including phenoxy) is 2. The van der Waals surface area contributed by atoms with Gasteiger partial charge in [0.05, 0.1) is 14.2 Å². The van der Waals surface area contributed by atoms with Crippen molar-refractivity contribution in [1.82, 2.24) is 24.2 Å². The summed E-state index contributed by atoms with van der Waals surface area (Å²) < 4.78 is 39.9. The van der Waals surface area contributed by atoms with Gasteiger partial charge in [-0.1, -0.05) is 0 Å². The van der Waals surface area contributed by atoms with Crippen LogP contribution in [0.2, 0.25) is 0 Å². The second-order valence-corrected chi connectivity index (χ2v) is 7.17. The van der Waals surface area contributed by atoms with Gasteiger partial charge in [0.2, 0.25) is 10.0 Å². The molecule has 0 unspecified atom stereocenters. The zero-order valence-corrected chi connectivity index (χ0v) is 15.7. The lowest BCUT2D eigenvalue weighted by atomic mass is 10.3. The van der Waals surface area contributed by atoms with Crippen LogP contribution in [0.15, 0.2) is 53.9 Å². The number of imidazole rings is 1. The summed E-state index contributed by atoms with van der Waals surface area (Å²) in [6.45, 7) is 0.512. The first kappa shape index (κ1) is 18.8. The summed E-state index contributed by atoms with van der Waals surface area (Å²) in [7, 11) is -0.901. The lowest BCUT2D eigenvalue weighted by Crippen LogP contribution is -2.28. The van der Waals surface area contributed by atoms with E-state index in [4.69, 9.17) is 9.47 Å². The van der Waals surface area contributed by atoms with E-state index >= 15 is 0 Å². The Balaban J connectivity index is 1.74. The van der Waals surface area contributed by atoms with Crippen molar-refractivity contribution in [3.05, 3.63) is 49.1 Å². The number of aromatic nitrogens is 4. The van der Waals surface area contributed by atoms with E-state index in [9.17, 15) is 8.42 Å². The van der Waals surface area contributed by atoms with Crippen molar-refractivity contribution in [3.63, 3.8) is 0 Å². The molecule has 0 amide bonds. The lowest BCUT2D eigenvalue weighted by Gasteiger charge is -2.13. The first-order chi connectivity index (χ1) is 13.0. The standard InChI is InChI=1S/C17H19N5O4S/c1-25-13-4-5-14(26-2)15(12-13)27(23,24)21-9-11-22-10-8-20-17(22)16-18-6-3-7-19-16/h3-8,10,12,21H,9,11H2,1-2H3. The van der Waals surface area contributed by atoms with E-state index in [1.807, 2.05) is 0 Å². The van der Waals surface area contributed by atoms with Gasteiger partial charge in [-0.25, -0.2) is 28.1 Å². The summed E-state index contributed by atoms with van der Waals surface area (Å²) >= 11 is 0. The molecule has 0 saturated heterocycles. The van der Waals surface area contributed by atoms with Gasteiger partial charge in [0.15, 0.2) is 11.6 Å². The zero-order chi connectivity index (χ0) is 19.3. The minimum absolute atomic E-state index is 0.0154. The molecule has 2 heterocycles. The number of nitrogens with one attached hydrogen (secondary N) is 1. The SMILES string of the molecule is COc1ccc(OC)c(S(=O)(=O)NCCn2ccnc2-c2ncccn2)c1. The summed E-state index contributed by atoms with van der Waals surface area (Å²) in [4.78, 5) is 12.6. The fourth-order valence-corrected chi connectivity index (χ4v) is 3.69. The molecule has 1 aromatic carbocycles. The fraction of sp³-hybridized carbons (Fsp3) is 0.235. The maximum Gasteiger partial charge on any atom is 0.244 e. The molecule has 0 saturated carbocycles. The second kappa shape index (κ2) is 8.14. The average Bonchev–Trinajstić information content (AvgIpc) is 3.16. The molecule has 1 N–H and O–H groups in total. The number of sulfonamides is 1. The summed E-state index contributed by atoms with van der Waals surface area (Å²) in [5.41, 5.74) is 0. The fourth-order valence-electron chi connectivity index (χ4n) is 2.48. The Labute approximate surface area is 157 Å². The summed E-state index contributed by atoms with van der Waals surface area (Å²) in [5, 5.41) is 0. The minimum atomic E-state index is -3.79. The van der Waals surface area contributed by atoms with Crippen LogP contribution in [0.4, 0.5) is 0 Å². The van der Waals surface area contributed by atoms with Gasteiger partial charge in [-0.2, -0.15) is 0 Å². The van der Waals surface area contributed by atoms with Crippen LogP contribution in [0.1, 0.15) is 0 Å². The smallest absolute Gasteiger partial charge is 0.244 e. The monoisotopic (exact) mass is 389 g/mol. The number of nitrogens with zero attached hydrogens (tertiary/aromatic N) is 4. The summed E-state index contributed by atoms with van der Waals surface area (Å²) in [6.07, 6.45) is 6.61. The molecular weight excluding hydrogens is 370 g/mol. The Morgan fingerprint density at radius 3 is 2.56 bits per heavy atom. The average molecular weight is 389 g/mol. The molecule has 0 spiro atoms. The van der Waals surface area contributed by atoms with Gasteiger partial charge in [-0.15, -0.1) is 0 Å². The van der Waals surface area contributed by atoms with E-state index in [1.54, 1.807) is 47.6 Å². The predicted octanol–water partition coefficient (Wildman–Crippen LogP) is 1.34. The van der Waals surface area contributed by atoms with Crippen molar-refractivity contribution < 1.29 is 17.9 Å². The lowest BCUT2D eigenvalue weighted by molar-refractivity contribution is 0.392. The van der Waals surface area contributed by atoms with E-state index in [-0.39, 0.29) is 17.2 Å². The molecule has 0 aliphatic rings. The molecule has 0 fully saturated rings.